The van der Waals surface area contributed by atoms with Crippen LogP contribution in [0.25, 0.3) is 0 Å². The van der Waals surface area contributed by atoms with Crippen molar-refractivity contribution in [3.05, 3.63) is 53.6 Å². The highest BCUT2D eigenvalue weighted by Crippen LogP contribution is 2.24. The fourth-order valence-electron chi connectivity index (χ4n) is 2.28. The summed E-state index contributed by atoms with van der Waals surface area (Å²) in [6, 6.07) is 3.52. The molecule has 1 atom stereocenters. The van der Waals surface area contributed by atoms with Gasteiger partial charge in [-0.05, 0) is 32.9 Å². The second kappa shape index (κ2) is 6.89. The fraction of sp³-hybridized carbons (Fsp3) is 0.312. The molecule has 6 nitrogen and oxygen atoms in total. The molecule has 2 aromatic rings. The molecule has 0 spiro atoms. The summed E-state index contributed by atoms with van der Waals surface area (Å²) in [5.41, 5.74) is 2.39. The number of carbonyl (C=O) groups is 1. The van der Waals surface area contributed by atoms with Crippen molar-refractivity contribution in [1.29, 1.82) is 0 Å². The second-order valence-corrected chi connectivity index (χ2v) is 5.03. The van der Waals surface area contributed by atoms with Gasteiger partial charge in [0.25, 0.3) is 5.91 Å². The first kappa shape index (κ1) is 15.8. The fourth-order valence-corrected chi connectivity index (χ4v) is 2.28. The molecule has 0 aliphatic rings. The molecule has 1 amide bonds. The lowest BCUT2D eigenvalue weighted by Gasteiger charge is -2.14. The topological polar surface area (TPSA) is 80.0 Å². The van der Waals surface area contributed by atoms with Crippen molar-refractivity contribution >= 4 is 11.7 Å². The third-order valence-electron chi connectivity index (χ3n) is 3.32. The molecule has 1 unspecified atom stereocenters. The van der Waals surface area contributed by atoms with Crippen molar-refractivity contribution in [2.45, 2.75) is 26.8 Å². The van der Waals surface area contributed by atoms with Crippen molar-refractivity contribution in [3.63, 3.8) is 0 Å². The lowest BCUT2D eigenvalue weighted by atomic mass is 10.1. The third-order valence-corrected chi connectivity index (χ3v) is 3.32. The maximum absolute atomic E-state index is 11.8. The van der Waals surface area contributed by atoms with Gasteiger partial charge in [-0.15, -0.1) is 6.58 Å². The van der Waals surface area contributed by atoms with Crippen LogP contribution in [0.4, 0.5) is 5.82 Å². The number of hydrogen-bond donors (Lipinski definition) is 2. The summed E-state index contributed by atoms with van der Waals surface area (Å²) in [6.45, 7) is 9.79. The summed E-state index contributed by atoms with van der Waals surface area (Å²) in [6.07, 6.45) is 3.17. The Morgan fingerprint density at radius 3 is 2.77 bits per heavy atom. The Kier molecular flexibility index (Phi) is 4.93. The molecule has 116 valence electrons. The first-order chi connectivity index (χ1) is 10.5. The Morgan fingerprint density at radius 1 is 1.45 bits per heavy atom. The zero-order valence-corrected chi connectivity index (χ0v) is 13.0. The lowest BCUT2D eigenvalue weighted by molar-refractivity contribution is 0.0957. The normalized spacial score (nSPS) is 11.8. The van der Waals surface area contributed by atoms with E-state index in [0.717, 1.165) is 17.0 Å². The molecule has 0 aliphatic carbocycles. The quantitative estimate of drug-likeness (QED) is 0.802. The molecule has 0 fully saturated rings. The smallest absolute Gasteiger partial charge is 0.253 e. The van der Waals surface area contributed by atoms with Crippen molar-refractivity contribution < 1.29 is 9.32 Å². The number of nitrogens with one attached hydrogen (secondary N) is 2. The number of rotatable bonds is 6. The van der Waals surface area contributed by atoms with Gasteiger partial charge in [-0.3, -0.25) is 4.79 Å². The van der Waals surface area contributed by atoms with Gasteiger partial charge in [-0.1, -0.05) is 11.2 Å². The highest BCUT2D eigenvalue weighted by Gasteiger charge is 2.16. The van der Waals surface area contributed by atoms with Gasteiger partial charge in [0.15, 0.2) is 0 Å². The van der Waals surface area contributed by atoms with E-state index in [1.807, 2.05) is 20.8 Å². The molecule has 0 radical (unpaired) electrons. The molecule has 0 aliphatic heterocycles. The van der Waals surface area contributed by atoms with Crippen molar-refractivity contribution in [2.24, 2.45) is 0 Å². The molecule has 6 heteroatoms. The average molecular weight is 300 g/mol. The van der Waals surface area contributed by atoms with Crippen LogP contribution in [-0.4, -0.2) is 22.6 Å². The molecular weight excluding hydrogens is 280 g/mol. The van der Waals surface area contributed by atoms with E-state index in [1.54, 1.807) is 24.4 Å². The van der Waals surface area contributed by atoms with E-state index < -0.39 is 0 Å². The third kappa shape index (κ3) is 3.52. The zero-order valence-electron chi connectivity index (χ0n) is 13.0. The molecule has 0 aromatic carbocycles. The van der Waals surface area contributed by atoms with E-state index in [2.05, 4.69) is 27.4 Å². The van der Waals surface area contributed by atoms with E-state index in [1.165, 1.54) is 0 Å². The monoisotopic (exact) mass is 300 g/mol. The molecule has 2 heterocycles. The number of hydrogen-bond acceptors (Lipinski definition) is 5. The van der Waals surface area contributed by atoms with E-state index in [9.17, 15) is 4.79 Å². The van der Waals surface area contributed by atoms with E-state index >= 15 is 0 Å². The molecule has 2 rings (SSSR count). The summed E-state index contributed by atoms with van der Waals surface area (Å²) >= 11 is 0. The lowest BCUT2D eigenvalue weighted by Crippen LogP contribution is -2.23. The summed E-state index contributed by atoms with van der Waals surface area (Å²) in [5.74, 6) is 1.31. The molecular formula is C16H20N4O2. The molecule has 2 N–H and O–H groups in total. The number of pyridine rings is 1. The predicted molar refractivity (Wildman–Crippen MR) is 84.8 cm³/mol. The summed E-state index contributed by atoms with van der Waals surface area (Å²) in [5, 5.41) is 9.93. The van der Waals surface area contributed by atoms with Crippen molar-refractivity contribution in [3.8, 4) is 0 Å². The minimum Gasteiger partial charge on any atom is -0.363 e. The van der Waals surface area contributed by atoms with Gasteiger partial charge < -0.3 is 15.2 Å². The molecule has 0 saturated heterocycles. The second-order valence-electron chi connectivity index (χ2n) is 5.03. The standard InChI is InChI=1S/C16H20N4O2/c1-5-8-17-16(21)13-6-7-14(18-9-13)19-10(2)15-11(3)20-22-12(15)4/h5-7,9-10H,1,8H2,2-4H3,(H,17,21)(H,18,19). The Labute approximate surface area is 129 Å². The van der Waals surface area contributed by atoms with Crippen LogP contribution in [0.5, 0.6) is 0 Å². The Morgan fingerprint density at radius 2 is 2.23 bits per heavy atom. The molecule has 2 aromatic heterocycles. The minimum absolute atomic E-state index is 0.0131. The van der Waals surface area contributed by atoms with E-state index in [4.69, 9.17) is 4.52 Å². The van der Waals surface area contributed by atoms with Crippen molar-refractivity contribution in [2.75, 3.05) is 11.9 Å². The maximum atomic E-state index is 11.8. The number of anilines is 1. The summed E-state index contributed by atoms with van der Waals surface area (Å²) < 4.78 is 5.17. The molecule has 0 bridgehead atoms. The number of amides is 1. The number of aromatic nitrogens is 2. The van der Waals surface area contributed by atoms with Crippen LogP contribution in [0.1, 0.15) is 40.3 Å². The number of carbonyl (C=O) groups excluding carboxylic acids is 1. The highest BCUT2D eigenvalue weighted by atomic mass is 16.5. The largest absolute Gasteiger partial charge is 0.363 e. The van der Waals surface area contributed by atoms with Crippen molar-refractivity contribution in [1.82, 2.24) is 15.5 Å². The maximum Gasteiger partial charge on any atom is 0.253 e. The van der Waals surface area contributed by atoms with Crippen LogP contribution in [0.3, 0.4) is 0 Å². The Hall–Kier alpha value is -2.63. The highest BCUT2D eigenvalue weighted by molar-refractivity contribution is 5.94. The first-order valence-corrected chi connectivity index (χ1v) is 7.07. The van der Waals surface area contributed by atoms with Gasteiger partial charge >= 0.3 is 0 Å². The zero-order chi connectivity index (χ0) is 16.1. The van der Waals surface area contributed by atoms with E-state index in [0.29, 0.717) is 17.9 Å². The number of aryl methyl sites for hydroxylation is 2. The van der Waals surface area contributed by atoms with Crippen LogP contribution < -0.4 is 10.6 Å². The van der Waals surface area contributed by atoms with Gasteiger partial charge in [0.1, 0.15) is 11.6 Å². The Balaban J connectivity index is 2.05. The first-order valence-electron chi connectivity index (χ1n) is 7.07. The van der Waals surface area contributed by atoms with Crippen LogP contribution in [0.2, 0.25) is 0 Å². The SMILES string of the molecule is C=CCNC(=O)c1ccc(NC(C)c2c(C)noc2C)nc1. The minimum atomic E-state index is -0.169. The van der Waals surface area contributed by atoms with Crippen LogP contribution in [-0.2, 0) is 0 Å². The van der Waals surface area contributed by atoms with Crippen LogP contribution in [0, 0.1) is 13.8 Å². The summed E-state index contributed by atoms with van der Waals surface area (Å²) in [4.78, 5) is 16.0. The van der Waals surface area contributed by atoms with Gasteiger partial charge in [-0.25, -0.2) is 4.98 Å². The molecule has 22 heavy (non-hydrogen) atoms. The van der Waals surface area contributed by atoms with Gasteiger partial charge in [0, 0.05) is 18.3 Å². The van der Waals surface area contributed by atoms with Crippen LogP contribution >= 0.6 is 0 Å². The summed E-state index contributed by atoms with van der Waals surface area (Å²) in [7, 11) is 0. The van der Waals surface area contributed by atoms with Gasteiger partial charge in [0.05, 0.1) is 17.3 Å². The Bertz CT molecular complexity index is 642. The number of nitrogens with zero attached hydrogens (tertiary/aromatic N) is 2. The van der Waals surface area contributed by atoms with Gasteiger partial charge in [-0.2, -0.15) is 0 Å². The van der Waals surface area contributed by atoms with Crippen LogP contribution in [0.15, 0.2) is 35.5 Å². The predicted octanol–water partition coefficient (Wildman–Crippen LogP) is 2.78. The van der Waals surface area contributed by atoms with Gasteiger partial charge in [0.2, 0.25) is 0 Å². The van der Waals surface area contributed by atoms with E-state index in [-0.39, 0.29) is 11.9 Å². The molecule has 0 saturated carbocycles. The average Bonchev–Trinajstić information content (AvgIpc) is 2.84.